The van der Waals surface area contributed by atoms with Gasteiger partial charge in [-0.15, -0.1) is 0 Å². The van der Waals surface area contributed by atoms with Gasteiger partial charge in [-0.2, -0.15) is 0 Å². The molecule has 2 aliphatic rings. The van der Waals surface area contributed by atoms with Crippen LogP contribution in [-0.4, -0.2) is 24.5 Å². The van der Waals surface area contributed by atoms with Gasteiger partial charge in [0.1, 0.15) is 5.75 Å². The number of rotatable bonds is 11. The highest BCUT2D eigenvalue weighted by molar-refractivity contribution is 5.50. The predicted octanol–water partition coefficient (Wildman–Crippen LogP) is 8.27. The first kappa shape index (κ1) is 25.3. The van der Waals surface area contributed by atoms with Gasteiger partial charge >= 0.3 is 0 Å². The molecular formula is C33H41NO. The molecule has 4 rings (SSSR count). The number of allylic oxidation sites excluding steroid dienone is 3. The van der Waals surface area contributed by atoms with E-state index in [2.05, 4.69) is 106 Å². The van der Waals surface area contributed by atoms with E-state index >= 15 is 0 Å². The summed E-state index contributed by atoms with van der Waals surface area (Å²) in [5, 5.41) is 0. The molecule has 0 N–H and O–H groups in total. The van der Waals surface area contributed by atoms with Crippen molar-refractivity contribution in [2.45, 2.75) is 64.4 Å². The zero-order chi connectivity index (χ0) is 24.8. The number of piperidine rings is 1. The van der Waals surface area contributed by atoms with Crippen LogP contribution in [0, 0.1) is 6.92 Å². The van der Waals surface area contributed by atoms with Crippen LogP contribution in [0.2, 0.25) is 0 Å². The summed E-state index contributed by atoms with van der Waals surface area (Å²) < 4.78 is 7.01. The first-order valence-electron chi connectivity index (χ1n) is 13.2. The van der Waals surface area contributed by atoms with Gasteiger partial charge in [0.15, 0.2) is 5.60 Å². The second-order valence-corrected chi connectivity index (χ2v) is 10.5. The molecule has 1 fully saturated rings. The molecule has 1 aliphatic carbocycles. The third-order valence-electron chi connectivity index (χ3n) is 7.55. The van der Waals surface area contributed by atoms with Crippen LogP contribution >= 0.6 is 0 Å². The number of nitrogens with zero attached hydrogens (tertiary/aromatic N) is 1. The first-order chi connectivity index (χ1) is 16.9. The number of aryl methyl sites for hydroxylation is 1. The lowest BCUT2D eigenvalue weighted by molar-refractivity contribution is 0.125. The Labute approximate surface area is 212 Å². The zero-order valence-electron chi connectivity index (χ0n) is 21.9. The maximum Gasteiger partial charge on any atom is 0.156 e. The molecular weight excluding hydrogens is 426 g/mol. The summed E-state index contributed by atoms with van der Waals surface area (Å²) in [7, 11) is 0. The summed E-state index contributed by atoms with van der Waals surface area (Å²) in [4.78, 5) is 2.56. The summed E-state index contributed by atoms with van der Waals surface area (Å²) in [5.74, 6) is 1.56. The molecule has 0 radical (unpaired) electrons. The average molecular weight is 468 g/mol. The van der Waals surface area contributed by atoms with Gasteiger partial charge in [0, 0.05) is 6.54 Å². The Morgan fingerprint density at radius 2 is 1.74 bits per heavy atom. The number of likely N-dealkylation sites (tertiary alicyclic amines) is 1. The van der Waals surface area contributed by atoms with Crippen LogP contribution in [0.15, 0.2) is 96.6 Å². The number of hydrogen-bond donors (Lipinski definition) is 0. The molecule has 2 heteroatoms. The van der Waals surface area contributed by atoms with Gasteiger partial charge < -0.3 is 4.74 Å². The molecule has 0 saturated carbocycles. The lowest BCUT2D eigenvalue weighted by atomic mass is 9.83. The maximum atomic E-state index is 7.01. The van der Waals surface area contributed by atoms with Crippen molar-refractivity contribution in [1.29, 1.82) is 0 Å². The van der Waals surface area contributed by atoms with Gasteiger partial charge in [-0.3, -0.25) is 4.90 Å². The minimum Gasteiger partial charge on any atom is -0.478 e. The number of ether oxygens (including phenoxy) is 1. The van der Waals surface area contributed by atoms with E-state index in [0.29, 0.717) is 5.92 Å². The van der Waals surface area contributed by atoms with Gasteiger partial charge in [0.2, 0.25) is 0 Å². The largest absolute Gasteiger partial charge is 0.478 e. The molecule has 2 nitrogen and oxygen atoms in total. The normalized spacial score (nSPS) is 17.9. The van der Waals surface area contributed by atoms with Crippen LogP contribution in [0.1, 0.15) is 68.6 Å². The van der Waals surface area contributed by atoms with Crippen molar-refractivity contribution in [3.63, 3.8) is 0 Å². The Hall–Kier alpha value is -2.84. The van der Waals surface area contributed by atoms with Crippen molar-refractivity contribution in [1.82, 2.24) is 4.90 Å². The second kappa shape index (κ2) is 11.3. The van der Waals surface area contributed by atoms with Gasteiger partial charge in [-0.05, 0) is 80.8 Å². The fraction of sp³-hybridized carbons (Fsp3) is 0.394. The van der Waals surface area contributed by atoms with Gasteiger partial charge in [-0.1, -0.05) is 104 Å². The quantitative estimate of drug-likeness (QED) is 0.308. The highest BCUT2D eigenvalue weighted by atomic mass is 16.5. The van der Waals surface area contributed by atoms with E-state index < -0.39 is 5.60 Å². The van der Waals surface area contributed by atoms with Crippen LogP contribution in [-0.2, 0) is 5.60 Å². The lowest BCUT2D eigenvalue weighted by Gasteiger charge is -2.38. The third-order valence-corrected chi connectivity index (χ3v) is 7.55. The molecule has 2 aromatic carbocycles. The fourth-order valence-corrected chi connectivity index (χ4v) is 5.46. The van der Waals surface area contributed by atoms with E-state index in [4.69, 9.17) is 4.74 Å². The molecule has 1 heterocycles. The molecule has 0 amide bonds. The highest BCUT2D eigenvalue weighted by Gasteiger charge is 2.35. The average Bonchev–Trinajstić information content (AvgIpc) is 2.80. The minimum absolute atomic E-state index is 0.504. The maximum absolute atomic E-state index is 7.01. The zero-order valence-corrected chi connectivity index (χ0v) is 21.9. The van der Waals surface area contributed by atoms with Crippen LogP contribution in [0.25, 0.3) is 0 Å². The number of benzene rings is 2. The van der Waals surface area contributed by atoms with E-state index in [1.54, 1.807) is 0 Å². The van der Waals surface area contributed by atoms with Crippen LogP contribution < -0.4 is 4.74 Å². The van der Waals surface area contributed by atoms with Crippen molar-refractivity contribution in [2.24, 2.45) is 0 Å². The number of para-hydroxylation sites is 1. The number of hydrogen-bond acceptors (Lipinski definition) is 2. The Kier molecular flexibility index (Phi) is 8.13. The molecule has 0 aromatic heterocycles. The Morgan fingerprint density at radius 1 is 1.03 bits per heavy atom. The predicted molar refractivity (Wildman–Crippen MR) is 149 cm³/mol. The van der Waals surface area contributed by atoms with Crippen LogP contribution in [0.3, 0.4) is 0 Å². The summed E-state index contributed by atoms with van der Waals surface area (Å²) in [6.07, 6.45) is 12.0. The monoisotopic (exact) mass is 467 g/mol. The topological polar surface area (TPSA) is 12.5 Å². The Balaban J connectivity index is 1.48. The Morgan fingerprint density at radius 3 is 2.37 bits per heavy atom. The summed E-state index contributed by atoms with van der Waals surface area (Å²) in [6.45, 7) is 18.3. The molecule has 0 bridgehead atoms. The molecule has 1 saturated heterocycles. The minimum atomic E-state index is -0.504. The molecule has 184 valence electrons. The van der Waals surface area contributed by atoms with E-state index in [9.17, 15) is 0 Å². The van der Waals surface area contributed by atoms with Crippen molar-refractivity contribution in [2.75, 3.05) is 19.6 Å². The Bertz CT molecular complexity index is 1100. The SMILES string of the molecule is C=C(CCC)CC(=C)CN1CCC(c2cccc(C)c2OC(C)(C2=CC=C2)c2ccccc2)CC1. The standard InChI is InChI=1S/C33H41NO/c1-6-12-25(2)23-26(3)24-34-21-19-28(20-22-34)31-18-10-13-27(4)32(31)35-33(5,30-16-11-17-30)29-14-8-7-9-15-29/h7-11,13-18,28H,2-3,6,12,19-24H2,1,4-5H3. The highest BCUT2D eigenvalue weighted by Crippen LogP contribution is 2.43. The summed E-state index contributed by atoms with van der Waals surface area (Å²) >= 11 is 0. The second-order valence-electron chi connectivity index (χ2n) is 10.5. The van der Waals surface area contributed by atoms with E-state index in [0.717, 1.165) is 57.5 Å². The van der Waals surface area contributed by atoms with E-state index in [-0.39, 0.29) is 0 Å². The molecule has 0 spiro atoms. The molecule has 1 aliphatic heterocycles. The van der Waals surface area contributed by atoms with Crippen molar-refractivity contribution < 1.29 is 4.74 Å². The first-order valence-corrected chi connectivity index (χ1v) is 13.2. The van der Waals surface area contributed by atoms with E-state index in [1.165, 1.54) is 33.4 Å². The summed E-state index contributed by atoms with van der Waals surface area (Å²) in [5.41, 5.74) is 7.06. The molecule has 1 atom stereocenters. The third kappa shape index (κ3) is 5.87. The van der Waals surface area contributed by atoms with Crippen molar-refractivity contribution in [3.05, 3.63) is 113 Å². The van der Waals surface area contributed by atoms with Crippen LogP contribution in [0.5, 0.6) is 5.75 Å². The van der Waals surface area contributed by atoms with Gasteiger partial charge in [0.05, 0.1) is 0 Å². The molecule has 35 heavy (non-hydrogen) atoms. The molecule has 2 aromatic rings. The van der Waals surface area contributed by atoms with Crippen molar-refractivity contribution in [3.8, 4) is 5.75 Å². The van der Waals surface area contributed by atoms with E-state index in [1.807, 2.05) is 0 Å². The smallest absolute Gasteiger partial charge is 0.156 e. The molecule has 1 unspecified atom stereocenters. The lowest BCUT2D eigenvalue weighted by Crippen LogP contribution is -2.35. The summed E-state index contributed by atoms with van der Waals surface area (Å²) in [6, 6.07) is 17.3. The van der Waals surface area contributed by atoms with Gasteiger partial charge in [-0.25, -0.2) is 0 Å². The van der Waals surface area contributed by atoms with Crippen molar-refractivity contribution >= 4 is 0 Å². The fourth-order valence-electron chi connectivity index (χ4n) is 5.46. The van der Waals surface area contributed by atoms with Crippen LogP contribution in [0.4, 0.5) is 0 Å². The van der Waals surface area contributed by atoms with Gasteiger partial charge in [0.25, 0.3) is 0 Å².